The van der Waals surface area contributed by atoms with E-state index in [0.29, 0.717) is 31.1 Å². The molecular weight excluding hydrogens is 382 g/mol. The minimum atomic E-state index is -0.200. The van der Waals surface area contributed by atoms with Crippen molar-refractivity contribution in [3.63, 3.8) is 0 Å². The Morgan fingerprint density at radius 2 is 2.00 bits per heavy atom. The monoisotopic (exact) mass is 401 g/mol. The number of rotatable bonds is 3. The van der Waals surface area contributed by atoms with Gasteiger partial charge in [0.1, 0.15) is 5.76 Å². The van der Waals surface area contributed by atoms with Gasteiger partial charge in [-0.05, 0) is 28.5 Å². The van der Waals surface area contributed by atoms with Crippen molar-refractivity contribution in [2.24, 2.45) is 0 Å². The fraction of sp³-hybridized carbons (Fsp3) is 0.217. The highest BCUT2D eigenvalue weighted by Crippen LogP contribution is 2.44. The van der Waals surface area contributed by atoms with Crippen molar-refractivity contribution in [2.75, 3.05) is 12.5 Å². The van der Waals surface area contributed by atoms with Crippen LogP contribution in [0.1, 0.15) is 23.7 Å². The molecule has 1 saturated heterocycles. The predicted octanol–water partition coefficient (Wildman–Crippen LogP) is 4.65. The van der Waals surface area contributed by atoms with E-state index in [0.717, 1.165) is 27.1 Å². The molecule has 1 atom stereocenters. The normalized spacial score (nSPS) is 20.0. The average Bonchev–Trinajstić information content (AvgIpc) is 3.26. The predicted molar refractivity (Wildman–Crippen MR) is 112 cm³/mol. The first-order valence-corrected chi connectivity index (χ1v) is 10.5. The topological polar surface area (TPSA) is 60.5 Å². The van der Waals surface area contributed by atoms with Crippen LogP contribution >= 0.6 is 11.8 Å². The van der Waals surface area contributed by atoms with Crippen LogP contribution in [0.15, 0.2) is 75.9 Å². The van der Waals surface area contributed by atoms with Crippen molar-refractivity contribution >= 4 is 28.4 Å². The summed E-state index contributed by atoms with van der Waals surface area (Å²) >= 11 is 1.56. The molecule has 1 aromatic heterocycles. The number of benzene rings is 2. The first-order valence-electron chi connectivity index (χ1n) is 9.54. The van der Waals surface area contributed by atoms with Gasteiger partial charge in [-0.15, -0.1) is 0 Å². The zero-order valence-corrected chi connectivity index (χ0v) is 16.6. The Hall–Kier alpha value is -3.01. The Bertz CT molecular complexity index is 1140. The number of carbonyl (C=O) groups excluding carboxylic acids is 1. The maximum atomic E-state index is 13.1. The summed E-state index contributed by atoms with van der Waals surface area (Å²) in [6, 6.07) is 20.5. The number of nitriles is 1. The van der Waals surface area contributed by atoms with Gasteiger partial charge < -0.3 is 4.42 Å². The van der Waals surface area contributed by atoms with Gasteiger partial charge in [-0.2, -0.15) is 5.26 Å². The smallest absolute Gasteiger partial charge is 0.229 e. The van der Waals surface area contributed by atoms with Gasteiger partial charge in [-0.1, -0.05) is 54.2 Å². The molecule has 0 N–H and O–H groups in total. The van der Waals surface area contributed by atoms with Crippen LogP contribution < -0.4 is 0 Å². The molecule has 144 valence electrons. The zero-order chi connectivity index (χ0) is 19.8. The molecule has 1 fully saturated rings. The van der Waals surface area contributed by atoms with E-state index in [-0.39, 0.29) is 11.8 Å². The molecule has 29 heavy (non-hydrogen) atoms. The van der Waals surface area contributed by atoms with Crippen LogP contribution in [-0.4, -0.2) is 28.3 Å². The second-order valence-corrected chi connectivity index (χ2v) is 8.23. The van der Waals surface area contributed by atoms with Crippen molar-refractivity contribution in [1.29, 1.82) is 5.26 Å². The second-order valence-electron chi connectivity index (χ2n) is 7.30. The Morgan fingerprint density at radius 3 is 2.83 bits per heavy atom. The molecule has 5 nitrogen and oxygen atoms in total. The van der Waals surface area contributed by atoms with E-state index in [2.05, 4.69) is 29.2 Å². The van der Waals surface area contributed by atoms with E-state index < -0.39 is 0 Å². The lowest BCUT2D eigenvalue weighted by molar-refractivity contribution is -0.132. The number of nitrogens with zero attached hydrogens (tertiary/aromatic N) is 3. The highest BCUT2D eigenvalue weighted by atomic mass is 32.2. The van der Waals surface area contributed by atoms with Crippen molar-refractivity contribution in [2.45, 2.75) is 18.9 Å². The lowest BCUT2D eigenvalue weighted by Crippen LogP contribution is -2.46. The highest BCUT2D eigenvalue weighted by molar-refractivity contribution is 8.03. The number of furan rings is 1. The van der Waals surface area contributed by atoms with E-state index in [1.54, 1.807) is 22.9 Å². The van der Waals surface area contributed by atoms with Gasteiger partial charge in [0.05, 0.1) is 42.0 Å². The maximum Gasteiger partial charge on any atom is 0.229 e. The Balaban J connectivity index is 1.50. The fourth-order valence-electron chi connectivity index (χ4n) is 4.15. The Morgan fingerprint density at radius 1 is 1.14 bits per heavy atom. The van der Waals surface area contributed by atoms with Crippen LogP contribution in [0.4, 0.5) is 0 Å². The first kappa shape index (κ1) is 18.0. The summed E-state index contributed by atoms with van der Waals surface area (Å²) in [5, 5.41) is 13.0. The lowest BCUT2D eigenvalue weighted by atomic mass is 9.84. The molecule has 0 radical (unpaired) electrons. The van der Waals surface area contributed by atoms with Crippen molar-refractivity contribution < 1.29 is 9.21 Å². The van der Waals surface area contributed by atoms with Crippen LogP contribution in [0.2, 0.25) is 0 Å². The quantitative estimate of drug-likeness (QED) is 0.639. The zero-order valence-electron chi connectivity index (χ0n) is 15.7. The second kappa shape index (κ2) is 7.43. The summed E-state index contributed by atoms with van der Waals surface area (Å²) in [5.74, 6) is 1.45. The summed E-state index contributed by atoms with van der Waals surface area (Å²) in [6.45, 7) is 1.13. The number of thioether (sulfide) groups is 1. The number of allylic oxidation sites excluding steroid dienone is 1. The number of amides is 1. The number of carbonyl (C=O) groups is 1. The maximum absolute atomic E-state index is 13.1. The van der Waals surface area contributed by atoms with Crippen LogP contribution in [0.25, 0.3) is 10.8 Å². The standard InChI is InChI=1S/C23H19N3O2S/c24-12-21-20(19-9-3-6-16-5-1-2-8-18(16)19)11-22(27)26-14-25(15-29-23(21)26)13-17-7-4-10-28-17/h1-10,20H,11,13-15H2. The number of hydrogen-bond donors (Lipinski definition) is 0. The van der Waals surface area contributed by atoms with Gasteiger partial charge in [0.15, 0.2) is 0 Å². The van der Waals surface area contributed by atoms with Gasteiger partial charge in [0, 0.05) is 12.3 Å². The van der Waals surface area contributed by atoms with E-state index in [1.165, 1.54) is 0 Å². The molecule has 0 bridgehead atoms. The van der Waals surface area contributed by atoms with Crippen LogP contribution in [0, 0.1) is 11.3 Å². The molecule has 6 heteroatoms. The van der Waals surface area contributed by atoms with Crippen molar-refractivity contribution in [3.8, 4) is 6.07 Å². The summed E-state index contributed by atoms with van der Waals surface area (Å²) in [5.41, 5.74) is 1.75. The first-order chi connectivity index (χ1) is 14.2. The minimum absolute atomic E-state index is 0.0635. The molecule has 2 aromatic carbocycles. The molecule has 1 unspecified atom stereocenters. The summed E-state index contributed by atoms with van der Waals surface area (Å²) in [4.78, 5) is 17.0. The molecule has 0 saturated carbocycles. The number of fused-ring (bicyclic) bond motifs is 2. The van der Waals surface area contributed by atoms with Gasteiger partial charge >= 0.3 is 0 Å². The molecule has 3 aromatic rings. The highest BCUT2D eigenvalue weighted by Gasteiger charge is 2.38. The molecule has 3 heterocycles. The summed E-state index contributed by atoms with van der Waals surface area (Å²) < 4.78 is 5.44. The lowest BCUT2D eigenvalue weighted by Gasteiger charge is -2.41. The van der Waals surface area contributed by atoms with Gasteiger partial charge in [0.2, 0.25) is 5.91 Å². The largest absolute Gasteiger partial charge is 0.468 e. The van der Waals surface area contributed by atoms with Gasteiger partial charge in [-0.3, -0.25) is 14.6 Å². The van der Waals surface area contributed by atoms with Gasteiger partial charge in [0.25, 0.3) is 0 Å². The molecule has 1 amide bonds. The van der Waals surface area contributed by atoms with Crippen molar-refractivity contribution in [1.82, 2.24) is 9.80 Å². The molecular formula is C23H19N3O2S. The molecule has 5 rings (SSSR count). The molecule has 2 aliphatic heterocycles. The van der Waals surface area contributed by atoms with Crippen LogP contribution in [0.5, 0.6) is 0 Å². The average molecular weight is 401 g/mol. The van der Waals surface area contributed by atoms with Crippen molar-refractivity contribution in [3.05, 3.63) is 82.8 Å². The van der Waals surface area contributed by atoms with Gasteiger partial charge in [-0.25, -0.2) is 0 Å². The molecule has 0 spiro atoms. The SMILES string of the molecule is N#CC1=C2SCN(Cc3ccco3)CN2C(=O)CC1c1cccc2ccccc12. The van der Waals surface area contributed by atoms with E-state index in [4.69, 9.17) is 4.42 Å². The van der Waals surface area contributed by atoms with E-state index in [9.17, 15) is 10.1 Å². The Kier molecular flexibility index (Phi) is 4.62. The molecule has 2 aliphatic rings. The third-order valence-electron chi connectivity index (χ3n) is 5.51. The molecule has 0 aliphatic carbocycles. The Labute approximate surface area is 173 Å². The minimum Gasteiger partial charge on any atom is -0.468 e. The summed E-state index contributed by atoms with van der Waals surface area (Å²) in [6.07, 6.45) is 1.97. The fourth-order valence-corrected chi connectivity index (χ4v) is 5.29. The summed E-state index contributed by atoms with van der Waals surface area (Å²) in [7, 11) is 0. The van der Waals surface area contributed by atoms with E-state index in [1.807, 2.05) is 36.4 Å². The van der Waals surface area contributed by atoms with Crippen LogP contribution in [0.3, 0.4) is 0 Å². The number of hydrogen-bond acceptors (Lipinski definition) is 5. The van der Waals surface area contributed by atoms with E-state index >= 15 is 0 Å². The third kappa shape index (κ3) is 3.23. The third-order valence-corrected chi connectivity index (χ3v) is 6.72. The van der Waals surface area contributed by atoms with Crippen LogP contribution in [-0.2, 0) is 11.3 Å².